The molecule has 0 spiro atoms. The summed E-state index contributed by atoms with van der Waals surface area (Å²) < 4.78 is 6.28. The summed E-state index contributed by atoms with van der Waals surface area (Å²) in [5.74, 6) is -0.0365. The third-order valence-corrected chi connectivity index (χ3v) is 11.3. The Morgan fingerprint density at radius 1 is 0.960 bits per heavy atom. The van der Waals surface area contributed by atoms with Crippen LogP contribution >= 0.6 is 0 Å². The zero-order chi connectivity index (χ0) is 34.9. The monoisotopic (exact) mass is 684 g/mol. The summed E-state index contributed by atoms with van der Waals surface area (Å²) in [6, 6.07) is 8.91. The quantitative estimate of drug-likeness (QED) is 0.354. The van der Waals surface area contributed by atoms with Crippen LogP contribution in [0.15, 0.2) is 36.5 Å². The van der Waals surface area contributed by atoms with Gasteiger partial charge >= 0.3 is 0 Å². The molecule has 4 fully saturated rings. The number of fused-ring (bicyclic) bond motifs is 1. The second kappa shape index (κ2) is 14.5. The summed E-state index contributed by atoms with van der Waals surface area (Å²) in [6.07, 6.45) is 11.6. The molecule has 2 saturated carbocycles. The summed E-state index contributed by atoms with van der Waals surface area (Å²) in [4.78, 5) is 73.5. The standard InChI is InChI=1S/C38H48N6O6/c1-23(2)43(22-24-14-16-42(17-15-24)33-12-8-25(21-39-33)35(46)40-26-6-4-3-5-7-26)27-18-29(19-27)50-28-9-10-30-31(20-28)38(49)44(37(30)48)32-11-13-34(45)41-36(32)47/h8-10,12,20-21,23-24,26-27,29,32H,3-7,11,13-19,22H2,1-2H3,(H,40,46)(H,41,45,47)/t27-,29-,32?. The Bertz CT molecular complexity index is 1620. The Balaban J connectivity index is 0.877. The SMILES string of the molecule is CC(C)N(CC1CCN(c2ccc(C(=O)NC3CCCCC3)cn2)CC1)[C@H]1C[C@H](Oc2ccc3c(c2)C(=O)N(C2CCC(=O)NC2=O)C3=O)C1. The van der Waals surface area contributed by atoms with Gasteiger partial charge in [-0.2, -0.15) is 0 Å². The number of benzene rings is 1. The number of anilines is 1. The molecule has 5 amide bonds. The summed E-state index contributed by atoms with van der Waals surface area (Å²) in [6.45, 7) is 7.40. The number of ether oxygens (including phenoxy) is 1. The number of nitrogens with zero attached hydrogens (tertiary/aromatic N) is 4. The number of piperidine rings is 2. The van der Waals surface area contributed by atoms with E-state index in [1.165, 1.54) is 19.3 Å². The fraction of sp³-hybridized carbons (Fsp3) is 0.579. The number of pyridine rings is 1. The molecule has 4 heterocycles. The number of carbonyl (C=O) groups excluding carboxylic acids is 5. The fourth-order valence-electron chi connectivity index (χ4n) is 8.27. The maximum atomic E-state index is 13.2. The van der Waals surface area contributed by atoms with Crippen molar-refractivity contribution in [2.45, 2.75) is 115 Å². The van der Waals surface area contributed by atoms with Gasteiger partial charge in [-0.15, -0.1) is 0 Å². The molecule has 1 unspecified atom stereocenters. The fourth-order valence-corrected chi connectivity index (χ4v) is 8.27. The van der Waals surface area contributed by atoms with E-state index in [1.807, 2.05) is 12.1 Å². The Labute approximate surface area is 293 Å². The Hall–Kier alpha value is -4.32. The molecule has 12 nitrogen and oxygen atoms in total. The molecule has 2 saturated heterocycles. The van der Waals surface area contributed by atoms with Gasteiger partial charge in [0.2, 0.25) is 11.8 Å². The van der Waals surface area contributed by atoms with Crippen LogP contribution in [0, 0.1) is 5.92 Å². The smallest absolute Gasteiger partial charge is 0.262 e. The highest BCUT2D eigenvalue weighted by atomic mass is 16.5. The van der Waals surface area contributed by atoms with Crippen LogP contribution in [0.25, 0.3) is 0 Å². The van der Waals surface area contributed by atoms with Crippen LogP contribution in [-0.4, -0.2) is 94.2 Å². The molecule has 0 radical (unpaired) electrons. The highest BCUT2D eigenvalue weighted by molar-refractivity contribution is 6.23. The minimum Gasteiger partial charge on any atom is -0.490 e. The number of hydrogen-bond acceptors (Lipinski definition) is 9. The van der Waals surface area contributed by atoms with Crippen LogP contribution < -0.4 is 20.3 Å². The summed E-state index contributed by atoms with van der Waals surface area (Å²) >= 11 is 0. The molecule has 1 atom stereocenters. The van der Waals surface area contributed by atoms with Crippen LogP contribution in [0.5, 0.6) is 5.75 Å². The summed E-state index contributed by atoms with van der Waals surface area (Å²) in [5, 5.41) is 5.41. The molecule has 2 aromatic rings. The lowest BCUT2D eigenvalue weighted by atomic mass is 9.85. The number of carbonyl (C=O) groups is 5. The van der Waals surface area contributed by atoms with E-state index in [9.17, 15) is 24.0 Å². The van der Waals surface area contributed by atoms with Crippen molar-refractivity contribution in [3.8, 4) is 5.75 Å². The Kier molecular flexibility index (Phi) is 9.90. The van der Waals surface area contributed by atoms with Crippen molar-refractivity contribution in [1.82, 2.24) is 25.4 Å². The van der Waals surface area contributed by atoms with Crippen LogP contribution in [0.3, 0.4) is 0 Å². The Morgan fingerprint density at radius 2 is 1.70 bits per heavy atom. The van der Waals surface area contributed by atoms with Crippen molar-refractivity contribution in [3.63, 3.8) is 0 Å². The van der Waals surface area contributed by atoms with Crippen LogP contribution in [0.2, 0.25) is 0 Å². The van der Waals surface area contributed by atoms with Crippen molar-refractivity contribution in [2.24, 2.45) is 5.92 Å². The van der Waals surface area contributed by atoms with E-state index in [2.05, 4.69) is 39.3 Å². The summed E-state index contributed by atoms with van der Waals surface area (Å²) in [7, 11) is 0. The number of rotatable bonds is 10. The van der Waals surface area contributed by atoms with Crippen molar-refractivity contribution >= 4 is 35.4 Å². The van der Waals surface area contributed by atoms with Gasteiger partial charge in [-0.1, -0.05) is 19.3 Å². The zero-order valence-electron chi connectivity index (χ0n) is 29.1. The van der Waals surface area contributed by atoms with Crippen molar-refractivity contribution in [1.29, 1.82) is 0 Å². The zero-order valence-corrected chi connectivity index (χ0v) is 29.1. The van der Waals surface area contributed by atoms with Gasteiger partial charge in [0.05, 0.1) is 16.7 Å². The molecule has 2 N–H and O–H groups in total. The lowest BCUT2D eigenvalue weighted by molar-refractivity contribution is -0.136. The number of aromatic nitrogens is 1. The molecule has 50 heavy (non-hydrogen) atoms. The van der Waals surface area contributed by atoms with Gasteiger partial charge in [0, 0.05) is 63.2 Å². The lowest BCUT2D eigenvalue weighted by Crippen LogP contribution is -2.54. The largest absolute Gasteiger partial charge is 0.490 e. The van der Waals surface area contributed by atoms with E-state index in [-0.39, 0.29) is 42.0 Å². The molecule has 1 aromatic carbocycles. The molecule has 7 rings (SSSR count). The van der Waals surface area contributed by atoms with E-state index in [1.54, 1.807) is 24.4 Å². The molecule has 3 aliphatic heterocycles. The third-order valence-electron chi connectivity index (χ3n) is 11.3. The second-order valence-electron chi connectivity index (χ2n) is 15.0. The summed E-state index contributed by atoms with van der Waals surface area (Å²) in [5.41, 5.74) is 1.11. The normalized spacial score (nSPS) is 24.8. The second-order valence-corrected chi connectivity index (χ2v) is 15.0. The van der Waals surface area contributed by atoms with Crippen molar-refractivity contribution < 1.29 is 28.7 Å². The van der Waals surface area contributed by atoms with Gasteiger partial charge in [-0.3, -0.25) is 39.1 Å². The highest BCUT2D eigenvalue weighted by Gasteiger charge is 2.45. The van der Waals surface area contributed by atoms with E-state index in [0.29, 0.717) is 29.3 Å². The van der Waals surface area contributed by atoms with Crippen LogP contribution in [0.1, 0.15) is 116 Å². The number of amides is 5. The van der Waals surface area contributed by atoms with Crippen molar-refractivity contribution in [2.75, 3.05) is 24.5 Å². The number of hydrogen-bond donors (Lipinski definition) is 2. The molecular weight excluding hydrogens is 636 g/mol. The van der Waals surface area contributed by atoms with Gasteiger partial charge in [0.25, 0.3) is 17.7 Å². The van der Waals surface area contributed by atoms with Gasteiger partial charge in [0.15, 0.2) is 0 Å². The van der Waals surface area contributed by atoms with Crippen molar-refractivity contribution in [3.05, 3.63) is 53.2 Å². The molecule has 0 bridgehead atoms. The lowest BCUT2D eigenvalue weighted by Gasteiger charge is -2.46. The maximum Gasteiger partial charge on any atom is 0.262 e. The molecule has 12 heteroatoms. The molecule has 1 aromatic heterocycles. The molecule has 2 aliphatic carbocycles. The minimum atomic E-state index is -0.987. The van der Waals surface area contributed by atoms with E-state index in [4.69, 9.17) is 4.74 Å². The Morgan fingerprint density at radius 3 is 2.38 bits per heavy atom. The number of imide groups is 2. The van der Waals surface area contributed by atoms with E-state index < -0.39 is 29.7 Å². The van der Waals surface area contributed by atoms with Gasteiger partial charge < -0.3 is 15.0 Å². The molecular formula is C38H48N6O6. The maximum absolute atomic E-state index is 13.2. The highest BCUT2D eigenvalue weighted by Crippen LogP contribution is 2.35. The minimum absolute atomic E-state index is 0.0124. The first-order valence-electron chi connectivity index (χ1n) is 18.4. The van der Waals surface area contributed by atoms with Crippen LogP contribution in [-0.2, 0) is 9.59 Å². The topological polar surface area (TPSA) is 141 Å². The average Bonchev–Trinajstić information content (AvgIpc) is 3.34. The van der Waals surface area contributed by atoms with Gasteiger partial charge in [-0.25, -0.2) is 4.98 Å². The predicted molar refractivity (Wildman–Crippen MR) is 186 cm³/mol. The van der Waals surface area contributed by atoms with E-state index in [0.717, 1.165) is 68.9 Å². The predicted octanol–water partition coefficient (Wildman–Crippen LogP) is 4.08. The van der Waals surface area contributed by atoms with E-state index >= 15 is 0 Å². The number of nitrogens with one attached hydrogen (secondary N) is 2. The van der Waals surface area contributed by atoms with Gasteiger partial charge in [0.1, 0.15) is 23.7 Å². The first kappa shape index (κ1) is 34.1. The first-order chi connectivity index (χ1) is 24.1. The van der Waals surface area contributed by atoms with Gasteiger partial charge in [-0.05, 0) is 82.2 Å². The molecule has 266 valence electrons. The first-order valence-corrected chi connectivity index (χ1v) is 18.4. The molecule has 5 aliphatic rings. The van der Waals surface area contributed by atoms with Crippen LogP contribution in [0.4, 0.5) is 5.82 Å². The third kappa shape index (κ3) is 7.12. The average molecular weight is 685 g/mol.